The molecule has 3 nitrogen and oxygen atoms in total. The van der Waals surface area contributed by atoms with Crippen LogP contribution in [0.25, 0.3) is 0 Å². The average molecular weight is 426 g/mol. The second-order valence-electron chi connectivity index (χ2n) is 4.65. The van der Waals surface area contributed by atoms with E-state index in [1.54, 1.807) is 0 Å². The molecule has 1 unspecified atom stereocenters. The Kier molecular flexibility index (Phi) is 10.9. The van der Waals surface area contributed by atoms with Gasteiger partial charge < -0.3 is 9.05 Å². The highest BCUT2D eigenvalue weighted by molar-refractivity contribution is 14.1. The molecule has 122 valence electrons. The second-order valence-corrected chi connectivity index (χ2v) is 8.58. The summed E-state index contributed by atoms with van der Waals surface area (Å²) in [6, 6.07) is 0. The molecule has 0 amide bonds. The maximum atomic E-state index is 14.2. The number of alkyl halides is 3. The normalized spacial score (nSPS) is 14.5. The van der Waals surface area contributed by atoms with Crippen LogP contribution in [0, 0.1) is 0 Å². The van der Waals surface area contributed by atoms with Gasteiger partial charge in [-0.05, 0) is 20.3 Å². The predicted molar refractivity (Wildman–Crippen MR) is 87.0 cm³/mol. The summed E-state index contributed by atoms with van der Waals surface area (Å²) in [5.41, 5.74) is -3.42. The first-order chi connectivity index (χ1) is 9.33. The Balaban J connectivity index is 4.48. The fraction of sp³-hybridized carbons (Fsp3) is 1.00. The number of unbranched alkanes of at least 4 members (excludes halogenated alkanes) is 3. The van der Waals surface area contributed by atoms with Gasteiger partial charge in [-0.3, -0.25) is 4.57 Å². The van der Waals surface area contributed by atoms with Gasteiger partial charge in [0, 0.05) is 10.3 Å². The highest BCUT2D eigenvalue weighted by atomic mass is 127. The molecule has 0 aromatic rings. The highest BCUT2D eigenvalue weighted by Crippen LogP contribution is 2.64. The van der Waals surface area contributed by atoms with Gasteiger partial charge in [-0.15, -0.1) is 0 Å². The van der Waals surface area contributed by atoms with Gasteiger partial charge in [0.15, 0.2) is 0 Å². The first-order valence-electron chi connectivity index (χ1n) is 7.24. The van der Waals surface area contributed by atoms with E-state index < -0.39 is 19.7 Å². The van der Waals surface area contributed by atoms with Gasteiger partial charge in [-0.1, -0.05) is 55.2 Å². The summed E-state index contributed by atoms with van der Waals surface area (Å²) in [7, 11) is -4.36. The molecule has 20 heavy (non-hydrogen) atoms. The van der Waals surface area contributed by atoms with Gasteiger partial charge in [-0.2, -0.15) is 8.78 Å². The first kappa shape index (κ1) is 20.7. The van der Waals surface area contributed by atoms with Crippen LogP contribution < -0.4 is 0 Å². The van der Waals surface area contributed by atoms with Gasteiger partial charge >= 0.3 is 13.3 Å². The van der Waals surface area contributed by atoms with Crippen LogP contribution in [-0.2, 0) is 13.6 Å². The fourth-order valence-corrected chi connectivity index (χ4v) is 4.76. The zero-order chi connectivity index (χ0) is 15.6. The van der Waals surface area contributed by atoms with Crippen molar-refractivity contribution in [2.24, 2.45) is 0 Å². The number of rotatable bonds is 12. The van der Waals surface area contributed by atoms with Crippen molar-refractivity contribution in [3.05, 3.63) is 0 Å². The van der Waals surface area contributed by atoms with E-state index in [-0.39, 0.29) is 17.1 Å². The molecule has 0 bridgehead atoms. The molecule has 0 N–H and O–H groups in total. The van der Waals surface area contributed by atoms with Crippen molar-refractivity contribution in [1.29, 1.82) is 0 Å². The monoisotopic (exact) mass is 426 g/mol. The lowest BCUT2D eigenvalue weighted by molar-refractivity contribution is 0.0318. The molecule has 0 heterocycles. The van der Waals surface area contributed by atoms with Crippen molar-refractivity contribution in [3.8, 4) is 0 Å². The molecule has 0 radical (unpaired) electrons. The SMILES string of the molecule is CCCCCCC(I)CC(F)(F)P(=O)(OCC)OCC. The third kappa shape index (κ3) is 7.14. The summed E-state index contributed by atoms with van der Waals surface area (Å²) in [6.45, 7) is 5.09. The van der Waals surface area contributed by atoms with Crippen LogP contribution in [0.2, 0.25) is 0 Å². The minimum atomic E-state index is -4.36. The summed E-state index contributed by atoms with van der Waals surface area (Å²) >= 11 is 2.00. The van der Waals surface area contributed by atoms with Crippen molar-refractivity contribution in [2.75, 3.05) is 13.2 Å². The van der Waals surface area contributed by atoms with E-state index in [0.717, 1.165) is 25.7 Å². The van der Waals surface area contributed by atoms with E-state index in [9.17, 15) is 13.3 Å². The van der Waals surface area contributed by atoms with E-state index in [1.165, 1.54) is 13.8 Å². The van der Waals surface area contributed by atoms with Gasteiger partial charge in [0.05, 0.1) is 13.2 Å². The molecule has 0 aliphatic rings. The average Bonchev–Trinajstić information content (AvgIpc) is 2.34. The van der Waals surface area contributed by atoms with Gasteiger partial charge in [0.25, 0.3) is 0 Å². The van der Waals surface area contributed by atoms with E-state index >= 15 is 0 Å². The van der Waals surface area contributed by atoms with Crippen LogP contribution in [0.3, 0.4) is 0 Å². The predicted octanol–water partition coefficient (Wildman–Crippen LogP) is 6.01. The van der Waals surface area contributed by atoms with Crippen molar-refractivity contribution in [2.45, 2.75) is 68.9 Å². The molecule has 0 rings (SSSR count). The summed E-state index contributed by atoms with van der Waals surface area (Å²) in [5, 5.41) is 0. The number of hydrogen-bond donors (Lipinski definition) is 0. The minimum absolute atomic E-state index is 0.0463. The van der Waals surface area contributed by atoms with Crippen LogP contribution in [0.5, 0.6) is 0 Å². The molecule has 0 aromatic heterocycles. The smallest absolute Gasteiger partial charge is 0.305 e. The van der Waals surface area contributed by atoms with Crippen molar-refractivity contribution in [3.63, 3.8) is 0 Å². The summed E-state index contributed by atoms with van der Waals surface area (Å²) in [5.74, 6) is 0. The maximum absolute atomic E-state index is 14.2. The molecule has 0 saturated carbocycles. The molecule has 0 saturated heterocycles. The van der Waals surface area contributed by atoms with Crippen LogP contribution in [0.1, 0.15) is 59.3 Å². The van der Waals surface area contributed by atoms with Crippen LogP contribution >= 0.6 is 30.2 Å². The molecule has 7 heteroatoms. The number of hydrogen-bond acceptors (Lipinski definition) is 3. The topological polar surface area (TPSA) is 35.5 Å². The van der Waals surface area contributed by atoms with Gasteiger partial charge in [-0.25, -0.2) is 0 Å². The molecule has 0 aliphatic carbocycles. The molecule has 0 aromatic carbocycles. The fourth-order valence-electron chi connectivity index (χ4n) is 1.84. The molecule has 0 fully saturated rings. The standard InChI is InChI=1S/C13H26F2IO3P/c1-4-7-8-9-10-12(16)11-13(14,15)20(17,18-5-2)19-6-3/h12H,4-11H2,1-3H3. The van der Waals surface area contributed by atoms with Crippen molar-refractivity contribution < 1.29 is 22.4 Å². The van der Waals surface area contributed by atoms with Gasteiger partial charge in [0.2, 0.25) is 0 Å². The van der Waals surface area contributed by atoms with Crippen LogP contribution in [0.4, 0.5) is 8.78 Å². The molecular weight excluding hydrogens is 400 g/mol. The van der Waals surface area contributed by atoms with E-state index in [4.69, 9.17) is 9.05 Å². The summed E-state index contributed by atoms with van der Waals surface area (Å²) < 4.78 is 49.7. The number of halogens is 3. The summed E-state index contributed by atoms with van der Waals surface area (Å²) in [6.07, 6.45) is 4.45. The lowest BCUT2D eigenvalue weighted by Crippen LogP contribution is -2.24. The second kappa shape index (κ2) is 10.5. The molecule has 0 aliphatic heterocycles. The van der Waals surface area contributed by atoms with Crippen LogP contribution in [-0.4, -0.2) is 22.8 Å². The zero-order valence-corrected chi connectivity index (χ0v) is 15.6. The van der Waals surface area contributed by atoms with Crippen molar-refractivity contribution >= 4 is 30.2 Å². The van der Waals surface area contributed by atoms with Gasteiger partial charge in [0.1, 0.15) is 0 Å². The van der Waals surface area contributed by atoms with Crippen LogP contribution in [0.15, 0.2) is 0 Å². The Morgan fingerprint density at radius 3 is 2.10 bits per heavy atom. The van der Waals surface area contributed by atoms with E-state index in [1.807, 2.05) is 22.6 Å². The third-order valence-corrected chi connectivity index (χ3v) is 6.08. The van der Waals surface area contributed by atoms with E-state index in [0.29, 0.717) is 6.42 Å². The highest BCUT2D eigenvalue weighted by Gasteiger charge is 2.53. The lowest BCUT2D eigenvalue weighted by Gasteiger charge is -2.27. The first-order valence-corrected chi connectivity index (χ1v) is 10.0. The molecular formula is C13H26F2IO3P. The molecule has 1 atom stereocenters. The third-order valence-electron chi connectivity index (χ3n) is 2.84. The Morgan fingerprint density at radius 1 is 1.10 bits per heavy atom. The Bertz CT molecular complexity index is 293. The quantitative estimate of drug-likeness (QED) is 0.166. The Labute approximate surface area is 134 Å². The zero-order valence-electron chi connectivity index (χ0n) is 12.5. The largest absolute Gasteiger partial charge is 0.399 e. The van der Waals surface area contributed by atoms with Crippen molar-refractivity contribution in [1.82, 2.24) is 0 Å². The lowest BCUT2D eigenvalue weighted by atomic mass is 10.1. The minimum Gasteiger partial charge on any atom is -0.305 e. The maximum Gasteiger partial charge on any atom is 0.399 e. The Morgan fingerprint density at radius 2 is 1.65 bits per heavy atom. The van der Waals surface area contributed by atoms with E-state index in [2.05, 4.69) is 6.92 Å². The molecule has 0 spiro atoms. The summed E-state index contributed by atoms with van der Waals surface area (Å²) in [4.78, 5) is 0. The Hall–Kier alpha value is 0.740.